The molecule has 0 saturated carbocycles. The summed E-state index contributed by atoms with van der Waals surface area (Å²) >= 11 is 0. The van der Waals surface area contributed by atoms with Gasteiger partial charge in [0.1, 0.15) is 10.7 Å². The Balaban J connectivity index is 1.76. The number of aryl methyl sites for hydroxylation is 3. The van der Waals surface area contributed by atoms with Crippen molar-refractivity contribution in [3.63, 3.8) is 0 Å². The second-order valence-corrected chi connectivity index (χ2v) is 7.67. The lowest BCUT2D eigenvalue weighted by Gasteiger charge is -2.09. The van der Waals surface area contributed by atoms with E-state index in [2.05, 4.69) is 29.9 Å². The van der Waals surface area contributed by atoms with Crippen LogP contribution in [-0.4, -0.2) is 42.9 Å². The molecule has 138 valence electrons. The summed E-state index contributed by atoms with van der Waals surface area (Å²) in [7, 11) is -2.14. The predicted octanol–water partition coefficient (Wildman–Crippen LogP) is 1.36. The maximum absolute atomic E-state index is 12.9. The summed E-state index contributed by atoms with van der Waals surface area (Å²) < 4.78 is 31.3. The van der Waals surface area contributed by atoms with Crippen LogP contribution in [-0.2, 0) is 17.1 Å². The summed E-state index contributed by atoms with van der Waals surface area (Å²) in [5.74, 6) is 0.502. The number of fused-ring (bicyclic) bond motifs is 1. The van der Waals surface area contributed by atoms with E-state index in [-0.39, 0.29) is 16.7 Å². The number of nitrogens with one attached hydrogen (secondary N) is 1. The van der Waals surface area contributed by atoms with E-state index < -0.39 is 10.0 Å². The first-order chi connectivity index (χ1) is 12.8. The summed E-state index contributed by atoms with van der Waals surface area (Å²) in [5, 5.41) is 9.20. The SMILES string of the molecule is Cc1cc(NS(=O)(=O)c2cnc3c(c2)c(C)nn3C)n(-c2ncccn2)n1. The molecular formula is C16H16N8O2S. The minimum Gasteiger partial charge on any atom is -0.263 e. The fraction of sp³-hybridized carbons (Fsp3) is 0.188. The van der Waals surface area contributed by atoms with Crippen LogP contribution in [0.1, 0.15) is 11.4 Å². The fourth-order valence-electron chi connectivity index (χ4n) is 2.76. The quantitative estimate of drug-likeness (QED) is 0.564. The summed E-state index contributed by atoms with van der Waals surface area (Å²) in [5.41, 5.74) is 1.94. The molecule has 0 radical (unpaired) electrons. The number of pyridine rings is 1. The van der Waals surface area contributed by atoms with E-state index in [0.717, 1.165) is 0 Å². The van der Waals surface area contributed by atoms with Crippen LogP contribution in [0.2, 0.25) is 0 Å². The molecule has 1 N–H and O–H groups in total. The van der Waals surface area contributed by atoms with Crippen LogP contribution in [0.3, 0.4) is 0 Å². The van der Waals surface area contributed by atoms with Gasteiger partial charge in [-0.25, -0.2) is 23.4 Å². The Kier molecular flexibility index (Phi) is 3.88. The van der Waals surface area contributed by atoms with E-state index in [1.165, 1.54) is 10.9 Å². The van der Waals surface area contributed by atoms with E-state index >= 15 is 0 Å². The highest BCUT2D eigenvalue weighted by atomic mass is 32.2. The van der Waals surface area contributed by atoms with E-state index in [0.29, 0.717) is 22.4 Å². The van der Waals surface area contributed by atoms with Gasteiger partial charge in [0.05, 0.1) is 11.4 Å². The number of aromatic nitrogens is 7. The van der Waals surface area contributed by atoms with Crippen molar-refractivity contribution >= 4 is 26.9 Å². The second kappa shape index (κ2) is 6.13. The van der Waals surface area contributed by atoms with Gasteiger partial charge in [-0.2, -0.15) is 14.9 Å². The first-order valence-electron chi connectivity index (χ1n) is 8.01. The van der Waals surface area contributed by atoms with Gasteiger partial charge in [0, 0.05) is 37.1 Å². The topological polar surface area (TPSA) is 120 Å². The van der Waals surface area contributed by atoms with Crippen molar-refractivity contribution in [3.05, 3.63) is 48.2 Å². The van der Waals surface area contributed by atoms with Gasteiger partial charge in [-0.3, -0.25) is 9.40 Å². The smallest absolute Gasteiger partial charge is 0.263 e. The highest BCUT2D eigenvalue weighted by Gasteiger charge is 2.21. The molecule has 10 nitrogen and oxygen atoms in total. The molecule has 27 heavy (non-hydrogen) atoms. The highest BCUT2D eigenvalue weighted by Crippen LogP contribution is 2.22. The molecule has 4 heterocycles. The van der Waals surface area contributed by atoms with E-state index in [4.69, 9.17) is 0 Å². The molecule has 0 aromatic carbocycles. The number of hydrogen-bond acceptors (Lipinski definition) is 7. The molecule has 11 heteroatoms. The molecule has 0 amide bonds. The zero-order valence-corrected chi connectivity index (χ0v) is 15.6. The van der Waals surface area contributed by atoms with E-state index in [1.807, 2.05) is 0 Å². The lowest BCUT2D eigenvalue weighted by atomic mass is 10.3. The van der Waals surface area contributed by atoms with Crippen molar-refractivity contribution in [3.8, 4) is 5.95 Å². The maximum atomic E-state index is 12.9. The lowest BCUT2D eigenvalue weighted by molar-refractivity contribution is 0.600. The fourth-order valence-corrected chi connectivity index (χ4v) is 3.76. The molecular weight excluding hydrogens is 368 g/mol. The summed E-state index contributed by atoms with van der Waals surface area (Å²) in [6.07, 6.45) is 4.42. The summed E-state index contributed by atoms with van der Waals surface area (Å²) in [6.45, 7) is 3.56. The summed E-state index contributed by atoms with van der Waals surface area (Å²) in [4.78, 5) is 12.5. The zero-order valence-electron chi connectivity index (χ0n) is 14.8. The molecule has 4 rings (SSSR count). The van der Waals surface area contributed by atoms with Crippen LogP contribution in [0, 0.1) is 13.8 Å². The molecule has 0 unspecified atom stereocenters. The number of anilines is 1. The summed E-state index contributed by atoms with van der Waals surface area (Å²) in [6, 6.07) is 4.83. The molecule has 0 aliphatic heterocycles. The molecule has 0 fully saturated rings. The van der Waals surface area contributed by atoms with Crippen molar-refractivity contribution in [2.45, 2.75) is 18.7 Å². The first kappa shape index (κ1) is 17.1. The van der Waals surface area contributed by atoms with Crippen LogP contribution in [0.15, 0.2) is 41.7 Å². The van der Waals surface area contributed by atoms with Gasteiger partial charge in [-0.15, -0.1) is 0 Å². The number of rotatable bonds is 4. The third-order valence-corrected chi connectivity index (χ3v) is 5.28. The normalized spacial score (nSPS) is 11.8. The molecule has 0 spiro atoms. The van der Waals surface area contributed by atoms with Gasteiger partial charge in [0.15, 0.2) is 5.65 Å². The van der Waals surface area contributed by atoms with Crippen molar-refractivity contribution in [2.75, 3.05) is 4.72 Å². The Morgan fingerprint density at radius 1 is 1.04 bits per heavy atom. The molecule has 4 aromatic rings. The third kappa shape index (κ3) is 3.01. The minimum absolute atomic E-state index is 0.0329. The minimum atomic E-state index is -3.90. The third-order valence-electron chi connectivity index (χ3n) is 3.96. The molecule has 0 saturated heterocycles. The highest BCUT2D eigenvalue weighted by molar-refractivity contribution is 7.92. The van der Waals surface area contributed by atoms with Crippen molar-refractivity contribution in [1.82, 2.24) is 34.5 Å². The number of sulfonamides is 1. The van der Waals surface area contributed by atoms with Gasteiger partial charge >= 0.3 is 0 Å². The lowest BCUT2D eigenvalue weighted by Crippen LogP contribution is -2.17. The van der Waals surface area contributed by atoms with E-state index in [9.17, 15) is 8.42 Å². The standard InChI is InChI=1S/C16H16N8O2S/c1-10-7-14(24(20-10)16-17-5-4-6-18-16)22-27(25,26)12-8-13-11(2)21-23(3)15(13)19-9-12/h4-9,22H,1-3H3. The van der Waals surface area contributed by atoms with Gasteiger partial charge in [-0.05, 0) is 26.0 Å². The number of nitrogens with zero attached hydrogens (tertiary/aromatic N) is 7. The monoisotopic (exact) mass is 384 g/mol. The average molecular weight is 384 g/mol. The van der Waals surface area contributed by atoms with Crippen LogP contribution in [0.25, 0.3) is 17.0 Å². The van der Waals surface area contributed by atoms with Crippen molar-refractivity contribution in [1.29, 1.82) is 0 Å². The van der Waals surface area contributed by atoms with Gasteiger partial charge < -0.3 is 0 Å². The Morgan fingerprint density at radius 3 is 2.52 bits per heavy atom. The molecule has 0 atom stereocenters. The van der Waals surface area contributed by atoms with Gasteiger partial charge in [0.25, 0.3) is 16.0 Å². The molecule has 4 aromatic heterocycles. The Labute approximate surface area is 155 Å². The van der Waals surface area contributed by atoms with Gasteiger partial charge in [0.2, 0.25) is 0 Å². The largest absolute Gasteiger partial charge is 0.264 e. The predicted molar refractivity (Wildman–Crippen MR) is 97.9 cm³/mol. The Hall–Kier alpha value is -3.34. The van der Waals surface area contributed by atoms with Crippen LogP contribution < -0.4 is 4.72 Å². The van der Waals surface area contributed by atoms with Crippen LogP contribution in [0.5, 0.6) is 0 Å². The first-order valence-corrected chi connectivity index (χ1v) is 9.50. The molecule has 0 aliphatic carbocycles. The van der Waals surface area contributed by atoms with Crippen molar-refractivity contribution < 1.29 is 8.42 Å². The number of hydrogen-bond donors (Lipinski definition) is 1. The Morgan fingerprint density at radius 2 is 1.78 bits per heavy atom. The Bertz CT molecular complexity index is 1240. The van der Waals surface area contributed by atoms with Gasteiger partial charge in [-0.1, -0.05) is 0 Å². The molecule has 0 bridgehead atoms. The van der Waals surface area contributed by atoms with E-state index in [1.54, 1.807) is 56.2 Å². The molecule has 0 aliphatic rings. The van der Waals surface area contributed by atoms with Crippen LogP contribution >= 0.6 is 0 Å². The zero-order chi connectivity index (χ0) is 19.2. The maximum Gasteiger partial charge on any atom is 0.264 e. The van der Waals surface area contributed by atoms with Crippen molar-refractivity contribution in [2.24, 2.45) is 7.05 Å². The second-order valence-electron chi connectivity index (χ2n) is 5.99. The van der Waals surface area contributed by atoms with Crippen LogP contribution in [0.4, 0.5) is 5.82 Å². The average Bonchev–Trinajstić information content (AvgIpc) is 3.14.